The monoisotopic (exact) mass is 251 g/mol. The summed E-state index contributed by atoms with van der Waals surface area (Å²) >= 11 is 0. The zero-order valence-electron chi connectivity index (χ0n) is 12.7. The summed E-state index contributed by atoms with van der Waals surface area (Å²) in [5.74, 6) is 1.81. The normalized spacial score (nSPS) is 13.0. The highest BCUT2D eigenvalue weighted by Gasteiger charge is 2.11. The highest BCUT2D eigenvalue weighted by molar-refractivity contribution is 5.29. The van der Waals surface area contributed by atoms with Gasteiger partial charge >= 0.3 is 0 Å². The maximum Gasteiger partial charge on any atom is 0.203 e. The number of nitrogens with zero attached hydrogens (tertiary/aromatic N) is 2. The van der Waals surface area contributed by atoms with Crippen molar-refractivity contribution in [1.82, 2.24) is 9.55 Å². The van der Waals surface area contributed by atoms with E-state index in [9.17, 15) is 0 Å². The largest absolute Gasteiger partial charge is 0.356 e. The number of nitrogens with one attached hydrogen (secondary N) is 1. The Labute approximate surface area is 112 Å². The summed E-state index contributed by atoms with van der Waals surface area (Å²) in [5, 5.41) is 3.46. The molecule has 0 saturated heterocycles. The minimum atomic E-state index is 0.526. The number of aromatic nitrogens is 2. The molecule has 0 saturated carbocycles. The molecule has 3 heteroatoms. The van der Waals surface area contributed by atoms with Crippen LogP contribution in [0.5, 0.6) is 0 Å². The van der Waals surface area contributed by atoms with Crippen LogP contribution in [0.3, 0.4) is 0 Å². The van der Waals surface area contributed by atoms with Crippen LogP contribution in [-0.4, -0.2) is 16.1 Å². The number of unbranched alkanes of at least 4 members (excludes halogenated alkanes) is 1. The molecule has 0 aliphatic rings. The van der Waals surface area contributed by atoms with Gasteiger partial charge in [-0.25, -0.2) is 4.98 Å². The molecule has 1 aromatic heterocycles. The molecule has 1 heterocycles. The smallest absolute Gasteiger partial charge is 0.203 e. The minimum Gasteiger partial charge on any atom is -0.356 e. The van der Waals surface area contributed by atoms with Gasteiger partial charge in [0.15, 0.2) is 0 Å². The summed E-state index contributed by atoms with van der Waals surface area (Å²) < 4.78 is 2.30. The van der Waals surface area contributed by atoms with Crippen molar-refractivity contribution in [3.05, 3.63) is 11.9 Å². The summed E-state index contributed by atoms with van der Waals surface area (Å²) in [4.78, 5) is 4.58. The van der Waals surface area contributed by atoms with Crippen molar-refractivity contribution in [2.24, 2.45) is 5.92 Å². The second-order valence-corrected chi connectivity index (χ2v) is 5.71. The average molecular weight is 251 g/mol. The van der Waals surface area contributed by atoms with E-state index in [1.165, 1.54) is 25.7 Å². The predicted octanol–water partition coefficient (Wildman–Crippen LogP) is 4.40. The fraction of sp³-hybridized carbons (Fsp3) is 0.800. The Morgan fingerprint density at radius 2 is 2.00 bits per heavy atom. The van der Waals surface area contributed by atoms with Crippen LogP contribution in [0.4, 0.5) is 5.95 Å². The lowest BCUT2D eigenvalue weighted by atomic mass is 10.0. The van der Waals surface area contributed by atoms with Crippen LogP contribution >= 0.6 is 0 Å². The lowest BCUT2D eigenvalue weighted by Crippen LogP contribution is -2.12. The fourth-order valence-electron chi connectivity index (χ4n) is 2.07. The maximum absolute atomic E-state index is 4.58. The lowest BCUT2D eigenvalue weighted by molar-refractivity contribution is 0.441. The van der Waals surface area contributed by atoms with E-state index in [1.807, 2.05) is 0 Å². The van der Waals surface area contributed by atoms with Crippen molar-refractivity contribution in [2.45, 2.75) is 66.3 Å². The molecule has 3 nitrogen and oxygen atoms in total. The first-order valence-corrected chi connectivity index (χ1v) is 7.34. The molecule has 0 radical (unpaired) electrons. The summed E-state index contributed by atoms with van der Waals surface area (Å²) in [6.07, 6.45) is 7.07. The fourth-order valence-corrected chi connectivity index (χ4v) is 2.07. The summed E-state index contributed by atoms with van der Waals surface area (Å²) in [6, 6.07) is 0.526. The third-order valence-electron chi connectivity index (χ3n) is 3.30. The molecule has 0 aliphatic carbocycles. The first kappa shape index (κ1) is 15.1. The average Bonchev–Trinajstić information content (AvgIpc) is 2.68. The van der Waals surface area contributed by atoms with Crippen LogP contribution in [0.2, 0.25) is 0 Å². The highest BCUT2D eigenvalue weighted by Crippen LogP contribution is 2.22. The Morgan fingerprint density at radius 1 is 1.28 bits per heavy atom. The van der Waals surface area contributed by atoms with E-state index >= 15 is 0 Å². The Morgan fingerprint density at radius 3 is 2.61 bits per heavy atom. The van der Waals surface area contributed by atoms with Crippen molar-refractivity contribution in [2.75, 3.05) is 11.9 Å². The molecule has 1 N–H and O–H groups in total. The molecule has 0 bridgehead atoms. The number of rotatable bonds is 8. The molecule has 0 aromatic carbocycles. The Bertz CT molecular complexity index is 342. The molecular formula is C15H29N3. The molecule has 0 fully saturated rings. The molecule has 0 amide bonds. The topological polar surface area (TPSA) is 29.9 Å². The zero-order valence-corrected chi connectivity index (χ0v) is 12.7. The van der Waals surface area contributed by atoms with Crippen molar-refractivity contribution < 1.29 is 0 Å². The summed E-state index contributed by atoms with van der Waals surface area (Å²) in [6.45, 7) is 12.2. The molecule has 1 atom stereocenters. The van der Waals surface area contributed by atoms with Crippen LogP contribution < -0.4 is 5.32 Å². The van der Waals surface area contributed by atoms with Gasteiger partial charge < -0.3 is 9.88 Å². The van der Waals surface area contributed by atoms with Gasteiger partial charge in [-0.2, -0.15) is 0 Å². The van der Waals surface area contributed by atoms with Crippen molar-refractivity contribution >= 4 is 5.95 Å². The molecule has 18 heavy (non-hydrogen) atoms. The molecule has 0 spiro atoms. The van der Waals surface area contributed by atoms with Crippen LogP contribution in [0.15, 0.2) is 6.20 Å². The van der Waals surface area contributed by atoms with E-state index in [2.05, 4.69) is 55.7 Å². The number of imidazole rings is 1. The number of hydrogen-bond acceptors (Lipinski definition) is 2. The summed E-state index contributed by atoms with van der Waals surface area (Å²) in [7, 11) is 0. The lowest BCUT2D eigenvalue weighted by Gasteiger charge is -2.18. The van der Waals surface area contributed by atoms with Crippen LogP contribution in [0.25, 0.3) is 0 Å². The quantitative estimate of drug-likeness (QED) is 0.694. The standard InChI is InChI=1S/C15H29N3/c1-6-7-10-16-15-17-13(4)11-18(15)14(5)9-8-12(2)3/h11-12,14H,6-10H2,1-5H3,(H,16,17). The van der Waals surface area contributed by atoms with Crippen molar-refractivity contribution in [3.8, 4) is 0 Å². The maximum atomic E-state index is 4.58. The second kappa shape index (κ2) is 7.45. The van der Waals surface area contributed by atoms with E-state index in [4.69, 9.17) is 0 Å². The van der Waals surface area contributed by atoms with Crippen LogP contribution in [0.1, 0.15) is 65.1 Å². The third-order valence-corrected chi connectivity index (χ3v) is 3.30. The Hall–Kier alpha value is -0.990. The van der Waals surface area contributed by atoms with Gasteiger partial charge in [0.1, 0.15) is 0 Å². The van der Waals surface area contributed by atoms with Gasteiger partial charge in [-0.15, -0.1) is 0 Å². The number of hydrogen-bond donors (Lipinski definition) is 1. The third kappa shape index (κ3) is 4.71. The zero-order chi connectivity index (χ0) is 13.5. The van der Waals surface area contributed by atoms with Crippen molar-refractivity contribution in [3.63, 3.8) is 0 Å². The van der Waals surface area contributed by atoms with Gasteiger partial charge in [-0.3, -0.25) is 0 Å². The van der Waals surface area contributed by atoms with Crippen molar-refractivity contribution in [1.29, 1.82) is 0 Å². The summed E-state index contributed by atoms with van der Waals surface area (Å²) in [5.41, 5.74) is 1.10. The van der Waals surface area contributed by atoms with E-state index in [0.29, 0.717) is 6.04 Å². The van der Waals surface area contributed by atoms with E-state index < -0.39 is 0 Å². The van der Waals surface area contributed by atoms with Gasteiger partial charge in [0.2, 0.25) is 5.95 Å². The van der Waals surface area contributed by atoms with E-state index in [0.717, 1.165) is 24.1 Å². The molecule has 1 aromatic rings. The van der Waals surface area contributed by atoms with Gasteiger partial charge in [-0.05, 0) is 39.0 Å². The van der Waals surface area contributed by atoms with Gasteiger partial charge in [0.25, 0.3) is 0 Å². The SMILES string of the molecule is CCCCNc1nc(C)cn1C(C)CCC(C)C. The molecule has 104 valence electrons. The van der Waals surface area contributed by atoms with Gasteiger partial charge in [0.05, 0.1) is 5.69 Å². The number of aryl methyl sites for hydroxylation is 1. The highest BCUT2D eigenvalue weighted by atomic mass is 15.2. The Kier molecular flexibility index (Phi) is 6.23. The first-order chi connectivity index (χ1) is 8.54. The van der Waals surface area contributed by atoms with E-state index in [1.54, 1.807) is 0 Å². The second-order valence-electron chi connectivity index (χ2n) is 5.71. The van der Waals surface area contributed by atoms with E-state index in [-0.39, 0.29) is 0 Å². The number of anilines is 1. The predicted molar refractivity (Wildman–Crippen MR) is 79.1 cm³/mol. The Balaban J connectivity index is 2.62. The molecule has 1 rings (SSSR count). The van der Waals surface area contributed by atoms with Gasteiger partial charge in [-0.1, -0.05) is 27.2 Å². The van der Waals surface area contributed by atoms with Crippen LogP contribution in [-0.2, 0) is 0 Å². The molecular weight excluding hydrogens is 222 g/mol. The van der Waals surface area contributed by atoms with Gasteiger partial charge in [0, 0.05) is 18.8 Å². The first-order valence-electron chi connectivity index (χ1n) is 7.34. The molecule has 0 aliphatic heterocycles. The minimum absolute atomic E-state index is 0.526. The van der Waals surface area contributed by atoms with Crippen LogP contribution in [0, 0.1) is 12.8 Å². The molecule has 1 unspecified atom stereocenters.